The number of aromatic nitrogens is 2. The van der Waals surface area contributed by atoms with Crippen LogP contribution in [0.4, 0.5) is 0 Å². The van der Waals surface area contributed by atoms with Crippen molar-refractivity contribution < 1.29 is 5.11 Å². The van der Waals surface area contributed by atoms with Crippen molar-refractivity contribution in [3.8, 4) is 5.69 Å². The van der Waals surface area contributed by atoms with Crippen molar-refractivity contribution >= 4 is 0 Å². The average molecular weight is 246 g/mol. The summed E-state index contributed by atoms with van der Waals surface area (Å²) in [6.45, 7) is 5.70. The van der Waals surface area contributed by atoms with E-state index in [0.29, 0.717) is 6.54 Å². The van der Waals surface area contributed by atoms with Gasteiger partial charge in [0.25, 0.3) is 5.56 Å². The summed E-state index contributed by atoms with van der Waals surface area (Å²) in [5.41, 5.74) is 0.695. The van der Waals surface area contributed by atoms with Crippen LogP contribution in [0, 0.1) is 6.92 Å². The third-order valence-corrected chi connectivity index (χ3v) is 2.73. The van der Waals surface area contributed by atoms with E-state index in [1.165, 1.54) is 0 Å². The summed E-state index contributed by atoms with van der Waals surface area (Å²) in [5, 5.41) is 9.94. The fourth-order valence-corrected chi connectivity index (χ4v) is 1.99. The van der Waals surface area contributed by atoms with Crippen LogP contribution in [0.15, 0.2) is 41.2 Å². The van der Waals surface area contributed by atoms with Gasteiger partial charge in [0.15, 0.2) is 0 Å². The van der Waals surface area contributed by atoms with E-state index in [1.807, 2.05) is 37.3 Å². The van der Waals surface area contributed by atoms with E-state index < -0.39 is 5.60 Å². The zero-order valence-corrected chi connectivity index (χ0v) is 10.9. The fourth-order valence-electron chi connectivity index (χ4n) is 1.99. The number of para-hydroxylation sites is 1. The molecule has 0 aliphatic rings. The third-order valence-electron chi connectivity index (χ3n) is 2.73. The van der Waals surface area contributed by atoms with E-state index in [0.717, 1.165) is 11.4 Å². The molecule has 0 aliphatic carbocycles. The maximum absolute atomic E-state index is 12.0. The van der Waals surface area contributed by atoms with Gasteiger partial charge in [-0.1, -0.05) is 18.2 Å². The van der Waals surface area contributed by atoms with Crippen LogP contribution in [0.5, 0.6) is 0 Å². The van der Waals surface area contributed by atoms with Gasteiger partial charge in [-0.25, -0.2) is 4.68 Å². The van der Waals surface area contributed by atoms with Gasteiger partial charge in [-0.15, -0.1) is 0 Å². The normalized spacial score (nSPS) is 11.8. The summed E-state index contributed by atoms with van der Waals surface area (Å²) in [7, 11) is 0. The second kappa shape index (κ2) is 4.46. The number of aliphatic hydroxyl groups is 1. The molecule has 18 heavy (non-hydrogen) atoms. The van der Waals surface area contributed by atoms with Gasteiger partial charge in [0, 0.05) is 11.8 Å². The quantitative estimate of drug-likeness (QED) is 0.896. The topological polar surface area (TPSA) is 47.2 Å². The van der Waals surface area contributed by atoms with Crippen LogP contribution in [-0.2, 0) is 6.54 Å². The molecule has 1 heterocycles. The van der Waals surface area contributed by atoms with Gasteiger partial charge in [0.05, 0.1) is 17.8 Å². The van der Waals surface area contributed by atoms with E-state index in [-0.39, 0.29) is 5.56 Å². The van der Waals surface area contributed by atoms with Gasteiger partial charge < -0.3 is 5.11 Å². The third kappa shape index (κ3) is 2.54. The molecule has 1 N–H and O–H groups in total. The van der Waals surface area contributed by atoms with Crippen LogP contribution in [0.25, 0.3) is 5.69 Å². The summed E-state index contributed by atoms with van der Waals surface area (Å²) in [6.07, 6.45) is 0. The zero-order chi connectivity index (χ0) is 13.3. The molecule has 0 spiro atoms. The molecule has 0 saturated carbocycles. The Hall–Kier alpha value is -1.81. The first-order valence-electron chi connectivity index (χ1n) is 5.96. The van der Waals surface area contributed by atoms with E-state index >= 15 is 0 Å². The van der Waals surface area contributed by atoms with Gasteiger partial charge in [-0.2, -0.15) is 0 Å². The van der Waals surface area contributed by atoms with E-state index in [9.17, 15) is 9.90 Å². The largest absolute Gasteiger partial charge is 0.389 e. The Balaban J connectivity index is 2.57. The number of aryl methyl sites for hydroxylation is 1. The first-order valence-corrected chi connectivity index (χ1v) is 5.96. The van der Waals surface area contributed by atoms with Crippen molar-refractivity contribution in [1.82, 2.24) is 9.36 Å². The highest BCUT2D eigenvalue weighted by molar-refractivity contribution is 5.31. The van der Waals surface area contributed by atoms with Crippen LogP contribution < -0.4 is 5.56 Å². The molecule has 0 amide bonds. The Morgan fingerprint density at radius 3 is 2.39 bits per heavy atom. The number of hydrogen-bond acceptors (Lipinski definition) is 2. The van der Waals surface area contributed by atoms with Crippen molar-refractivity contribution in [2.75, 3.05) is 0 Å². The monoisotopic (exact) mass is 246 g/mol. The SMILES string of the molecule is Cc1cc(=O)n(-c2ccccc2)n1CC(C)(C)O. The molecule has 4 nitrogen and oxygen atoms in total. The summed E-state index contributed by atoms with van der Waals surface area (Å²) in [5.74, 6) is 0. The minimum Gasteiger partial charge on any atom is -0.389 e. The Labute approximate surface area is 106 Å². The van der Waals surface area contributed by atoms with Crippen LogP contribution >= 0.6 is 0 Å². The molecular formula is C14H18N2O2. The molecule has 0 saturated heterocycles. The number of nitrogens with zero attached hydrogens (tertiary/aromatic N) is 2. The standard InChI is InChI=1S/C14H18N2O2/c1-11-9-13(17)16(12-7-5-4-6-8-12)15(11)10-14(2,3)18/h4-9,18H,10H2,1-3H3. The van der Waals surface area contributed by atoms with Crippen LogP contribution in [0.2, 0.25) is 0 Å². The minimum atomic E-state index is -0.868. The molecule has 0 unspecified atom stereocenters. The van der Waals surface area contributed by atoms with Crippen LogP contribution in [0.3, 0.4) is 0 Å². The van der Waals surface area contributed by atoms with Crippen molar-refractivity contribution in [3.63, 3.8) is 0 Å². The molecule has 0 atom stereocenters. The molecule has 2 aromatic rings. The molecule has 1 aromatic carbocycles. The van der Waals surface area contributed by atoms with Gasteiger partial charge >= 0.3 is 0 Å². The van der Waals surface area contributed by atoms with Crippen LogP contribution in [0.1, 0.15) is 19.5 Å². The van der Waals surface area contributed by atoms with Crippen LogP contribution in [-0.4, -0.2) is 20.1 Å². The summed E-state index contributed by atoms with van der Waals surface area (Å²) < 4.78 is 3.39. The second-order valence-corrected chi connectivity index (χ2v) is 5.14. The first kappa shape index (κ1) is 12.6. The Morgan fingerprint density at radius 1 is 1.22 bits per heavy atom. The Morgan fingerprint density at radius 2 is 1.83 bits per heavy atom. The van der Waals surface area contributed by atoms with Crippen molar-refractivity contribution in [2.24, 2.45) is 0 Å². The molecule has 0 radical (unpaired) electrons. The number of benzene rings is 1. The second-order valence-electron chi connectivity index (χ2n) is 5.14. The molecule has 96 valence electrons. The zero-order valence-electron chi connectivity index (χ0n) is 10.9. The summed E-state index contributed by atoms with van der Waals surface area (Å²) in [6, 6.07) is 11.0. The predicted molar refractivity (Wildman–Crippen MR) is 71.1 cm³/mol. The molecule has 0 bridgehead atoms. The minimum absolute atomic E-state index is 0.0806. The van der Waals surface area contributed by atoms with E-state index in [4.69, 9.17) is 0 Å². The van der Waals surface area contributed by atoms with Gasteiger partial charge in [0.2, 0.25) is 0 Å². The maximum atomic E-state index is 12.0. The lowest BCUT2D eigenvalue weighted by Gasteiger charge is -2.22. The summed E-state index contributed by atoms with van der Waals surface area (Å²) in [4.78, 5) is 12.0. The lowest BCUT2D eigenvalue weighted by Crippen LogP contribution is -2.32. The highest BCUT2D eigenvalue weighted by Gasteiger charge is 2.18. The fraction of sp³-hybridized carbons (Fsp3) is 0.357. The lowest BCUT2D eigenvalue weighted by molar-refractivity contribution is 0.0546. The molecule has 4 heteroatoms. The molecule has 1 aromatic heterocycles. The first-order chi connectivity index (χ1) is 8.38. The number of hydrogen-bond donors (Lipinski definition) is 1. The Bertz CT molecular complexity index is 588. The van der Waals surface area contributed by atoms with E-state index in [2.05, 4.69) is 0 Å². The van der Waals surface area contributed by atoms with E-state index in [1.54, 1.807) is 29.3 Å². The highest BCUT2D eigenvalue weighted by atomic mass is 16.3. The van der Waals surface area contributed by atoms with Crippen molar-refractivity contribution in [3.05, 3.63) is 52.4 Å². The molecule has 0 aliphatic heterocycles. The van der Waals surface area contributed by atoms with Crippen molar-refractivity contribution in [1.29, 1.82) is 0 Å². The average Bonchev–Trinajstić information content (AvgIpc) is 2.53. The lowest BCUT2D eigenvalue weighted by atomic mass is 10.1. The summed E-state index contributed by atoms with van der Waals surface area (Å²) >= 11 is 0. The molecular weight excluding hydrogens is 228 g/mol. The van der Waals surface area contributed by atoms with Crippen molar-refractivity contribution in [2.45, 2.75) is 32.9 Å². The van der Waals surface area contributed by atoms with Gasteiger partial charge in [-0.3, -0.25) is 9.48 Å². The Kier molecular flexibility index (Phi) is 3.13. The van der Waals surface area contributed by atoms with Gasteiger partial charge in [-0.05, 0) is 32.9 Å². The number of rotatable bonds is 3. The van der Waals surface area contributed by atoms with Gasteiger partial charge in [0.1, 0.15) is 0 Å². The predicted octanol–water partition coefficient (Wildman–Crippen LogP) is 1.72. The highest BCUT2D eigenvalue weighted by Crippen LogP contribution is 2.12. The molecule has 2 rings (SSSR count). The molecule has 0 fully saturated rings. The smallest absolute Gasteiger partial charge is 0.271 e. The maximum Gasteiger partial charge on any atom is 0.271 e.